The summed E-state index contributed by atoms with van der Waals surface area (Å²) in [6, 6.07) is -0.545. The summed E-state index contributed by atoms with van der Waals surface area (Å²) in [5.74, 6) is 4.94. The van der Waals surface area contributed by atoms with Crippen molar-refractivity contribution >= 4 is 15.8 Å². The van der Waals surface area contributed by atoms with Crippen LogP contribution in [0.2, 0.25) is 0 Å². The summed E-state index contributed by atoms with van der Waals surface area (Å²) in [6.45, 7) is 2.23. The van der Waals surface area contributed by atoms with Crippen LogP contribution < -0.4 is 5.32 Å². The number of unbranched alkanes of at least 4 members (excludes halogenated alkanes) is 2. The first-order valence-corrected chi connectivity index (χ1v) is 8.67. The molecule has 0 spiro atoms. The summed E-state index contributed by atoms with van der Waals surface area (Å²) >= 11 is 0. The summed E-state index contributed by atoms with van der Waals surface area (Å²) in [6.07, 6.45) is 6.15. The molecule has 0 aliphatic heterocycles. The Morgan fingerprint density at radius 2 is 2.00 bits per heavy atom. The van der Waals surface area contributed by atoms with E-state index in [4.69, 9.17) is 5.11 Å². The van der Waals surface area contributed by atoms with Crippen molar-refractivity contribution in [2.45, 2.75) is 37.4 Å². The Balaban J connectivity index is 2.32. The predicted molar refractivity (Wildman–Crippen MR) is 81.0 cm³/mol. The van der Waals surface area contributed by atoms with Gasteiger partial charge in [0.2, 0.25) is 15.0 Å². The molecule has 22 heavy (non-hydrogen) atoms. The molecule has 0 aliphatic carbocycles. The number of hydrogen-bond acceptors (Lipinski definition) is 6. The van der Waals surface area contributed by atoms with Gasteiger partial charge in [-0.25, -0.2) is 18.4 Å². The van der Waals surface area contributed by atoms with Gasteiger partial charge in [-0.3, -0.25) is 4.79 Å². The minimum Gasteiger partial charge on any atom is -0.480 e. The van der Waals surface area contributed by atoms with Gasteiger partial charge >= 0.3 is 5.97 Å². The van der Waals surface area contributed by atoms with E-state index in [1.165, 1.54) is 12.4 Å². The van der Waals surface area contributed by atoms with Crippen molar-refractivity contribution in [2.75, 3.05) is 12.8 Å². The zero-order valence-corrected chi connectivity index (χ0v) is 13.4. The van der Waals surface area contributed by atoms with E-state index >= 15 is 0 Å². The summed E-state index contributed by atoms with van der Waals surface area (Å²) in [5.41, 5.74) is 0.560. The number of nitrogens with zero attached hydrogens (tertiary/aromatic N) is 2. The number of hydrogen-bond donors (Lipinski definition) is 2. The highest BCUT2D eigenvalue weighted by Crippen LogP contribution is 2.01. The molecule has 0 bridgehead atoms. The number of aromatic nitrogens is 2. The van der Waals surface area contributed by atoms with Crippen molar-refractivity contribution in [1.29, 1.82) is 0 Å². The lowest BCUT2D eigenvalue weighted by molar-refractivity contribution is -0.138. The number of nitrogens with one attached hydrogen (secondary N) is 1. The molecule has 0 saturated carbocycles. The molecule has 8 heteroatoms. The highest BCUT2D eigenvalue weighted by atomic mass is 32.2. The molecule has 0 aliphatic rings. The molecule has 2 N–H and O–H groups in total. The Morgan fingerprint density at radius 3 is 2.55 bits per heavy atom. The maximum atomic E-state index is 11.2. The van der Waals surface area contributed by atoms with Gasteiger partial charge in [0.15, 0.2) is 0 Å². The average Bonchev–Trinajstić information content (AvgIpc) is 2.45. The van der Waals surface area contributed by atoms with Crippen LogP contribution in [0.3, 0.4) is 0 Å². The number of carboxylic acid groups (broad SMARTS) is 1. The molecule has 1 aromatic rings. The van der Waals surface area contributed by atoms with Crippen LogP contribution in [-0.2, 0) is 14.6 Å². The Bertz CT molecular complexity index is 660. The van der Waals surface area contributed by atoms with E-state index in [1.807, 2.05) is 0 Å². The summed E-state index contributed by atoms with van der Waals surface area (Å²) in [7, 11) is -3.39. The third kappa shape index (κ3) is 6.65. The summed E-state index contributed by atoms with van der Waals surface area (Å²) in [4.78, 5) is 18.1. The van der Waals surface area contributed by atoms with Gasteiger partial charge in [-0.15, -0.1) is 0 Å². The monoisotopic (exact) mass is 325 g/mol. The van der Waals surface area contributed by atoms with Crippen molar-refractivity contribution in [3.05, 3.63) is 18.0 Å². The second-order valence-electron chi connectivity index (χ2n) is 4.80. The van der Waals surface area contributed by atoms with Gasteiger partial charge in [-0.2, -0.15) is 0 Å². The lowest BCUT2D eigenvalue weighted by Gasteiger charge is -2.07. The summed E-state index contributed by atoms with van der Waals surface area (Å²) in [5, 5.41) is 11.4. The molecule has 0 aromatic carbocycles. The van der Waals surface area contributed by atoms with E-state index in [0.29, 0.717) is 18.5 Å². The minimum atomic E-state index is -3.39. The standard InChI is InChI=1S/C14H19N3O4S/c1-11(13(18)19)15-8-6-4-3-5-7-12-9-16-14(17-10-12)22(2,20)21/h9-11,15H,3-4,6,8H2,1-2H3,(H,18,19)/t11-/m0/s1. The normalized spacial score (nSPS) is 12.3. The van der Waals surface area contributed by atoms with Crippen LogP contribution in [0.25, 0.3) is 0 Å². The molecule has 0 fully saturated rings. The van der Waals surface area contributed by atoms with E-state index in [9.17, 15) is 13.2 Å². The highest BCUT2D eigenvalue weighted by molar-refractivity contribution is 7.90. The molecule has 1 aromatic heterocycles. The third-order valence-electron chi connectivity index (χ3n) is 2.74. The van der Waals surface area contributed by atoms with Crippen molar-refractivity contribution in [1.82, 2.24) is 15.3 Å². The number of carbonyl (C=O) groups is 1. The topological polar surface area (TPSA) is 109 Å². The quantitative estimate of drug-likeness (QED) is 0.426. The van der Waals surface area contributed by atoms with E-state index in [2.05, 4.69) is 27.1 Å². The highest BCUT2D eigenvalue weighted by Gasteiger charge is 2.09. The van der Waals surface area contributed by atoms with Crippen LogP contribution in [0.15, 0.2) is 17.6 Å². The Labute approximate surface area is 130 Å². The molecule has 1 heterocycles. The fourth-order valence-electron chi connectivity index (χ4n) is 1.48. The van der Waals surface area contributed by atoms with Crippen LogP contribution in [0.1, 0.15) is 31.7 Å². The number of carboxylic acids is 1. The largest absolute Gasteiger partial charge is 0.480 e. The smallest absolute Gasteiger partial charge is 0.320 e. The zero-order valence-electron chi connectivity index (χ0n) is 12.5. The number of aliphatic carboxylic acids is 1. The molecular weight excluding hydrogens is 306 g/mol. The van der Waals surface area contributed by atoms with Crippen LogP contribution in [0, 0.1) is 11.8 Å². The fraction of sp³-hybridized carbons (Fsp3) is 0.500. The molecule has 0 unspecified atom stereocenters. The molecule has 1 rings (SSSR count). The van der Waals surface area contributed by atoms with E-state index in [0.717, 1.165) is 19.1 Å². The SMILES string of the molecule is C[C@H](NCCCCC#Cc1cnc(S(C)(=O)=O)nc1)C(=O)O. The van der Waals surface area contributed by atoms with Gasteiger partial charge in [0.25, 0.3) is 0 Å². The van der Waals surface area contributed by atoms with Gasteiger partial charge < -0.3 is 10.4 Å². The number of rotatable bonds is 7. The molecule has 0 radical (unpaired) electrons. The first kappa shape index (κ1) is 18.1. The van der Waals surface area contributed by atoms with Gasteiger partial charge in [-0.05, 0) is 26.3 Å². The van der Waals surface area contributed by atoms with Crippen molar-refractivity contribution in [3.8, 4) is 11.8 Å². The van der Waals surface area contributed by atoms with Gasteiger partial charge in [-0.1, -0.05) is 11.8 Å². The van der Waals surface area contributed by atoms with Gasteiger partial charge in [0.05, 0.1) is 5.56 Å². The first-order valence-electron chi connectivity index (χ1n) is 6.78. The zero-order chi connectivity index (χ0) is 16.6. The van der Waals surface area contributed by atoms with E-state index in [1.54, 1.807) is 6.92 Å². The van der Waals surface area contributed by atoms with E-state index < -0.39 is 21.8 Å². The molecule has 0 amide bonds. The lowest BCUT2D eigenvalue weighted by atomic mass is 10.2. The van der Waals surface area contributed by atoms with E-state index in [-0.39, 0.29) is 5.16 Å². The van der Waals surface area contributed by atoms with Gasteiger partial charge in [0, 0.05) is 25.1 Å². The summed E-state index contributed by atoms with van der Waals surface area (Å²) < 4.78 is 22.4. The Hall–Kier alpha value is -1.98. The van der Waals surface area contributed by atoms with Gasteiger partial charge in [0.1, 0.15) is 6.04 Å². The molecule has 0 saturated heterocycles. The Kier molecular flexibility index (Phi) is 6.95. The minimum absolute atomic E-state index is 0.211. The molecule has 1 atom stereocenters. The van der Waals surface area contributed by atoms with Crippen LogP contribution in [0.5, 0.6) is 0 Å². The first-order chi connectivity index (χ1) is 10.3. The fourth-order valence-corrected chi connectivity index (χ4v) is 1.97. The van der Waals surface area contributed by atoms with Crippen molar-refractivity contribution in [2.24, 2.45) is 0 Å². The molecule has 120 valence electrons. The second-order valence-corrected chi connectivity index (χ2v) is 6.71. The Morgan fingerprint density at radius 1 is 1.36 bits per heavy atom. The third-order valence-corrected chi connectivity index (χ3v) is 3.62. The molecule has 7 nitrogen and oxygen atoms in total. The average molecular weight is 325 g/mol. The van der Waals surface area contributed by atoms with Crippen LogP contribution >= 0.6 is 0 Å². The predicted octanol–water partition coefficient (Wildman–Crippen LogP) is 0.465. The molecular formula is C14H19N3O4S. The van der Waals surface area contributed by atoms with Crippen molar-refractivity contribution < 1.29 is 18.3 Å². The van der Waals surface area contributed by atoms with Crippen LogP contribution in [0.4, 0.5) is 0 Å². The van der Waals surface area contributed by atoms with Crippen LogP contribution in [-0.4, -0.2) is 48.3 Å². The maximum Gasteiger partial charge on any atom is 0.320 e. The second kappa shape index (κ2) is 8.46. The maximum absolute atomic E-state index is 11.2. The lowest BCUT2D eigenvalue weighted by Crippen LogP contribution is -2.34. The number of sulfone groups is 1. The van der Waals surface area contributed by atoms with Crippen molar-refractivity contribution in [3.63, 3.8) is 0 Å².